The first-order chi connectivity index (χ1) is 13.0. The summed E-state index contributed by atoms with van der Waals surface area (Å²) in [5.74, 6) is 1.07. The number of rotatable bonds is 6. The summed E-state index contributed by atoms with van der Waals surface area (Å²) in [5, 5.41) is -0.101. The Bertz CT molecular complexity index is 906. The maximum Gasteiger partial charge on any atom is 0.233 e. The predicted molar refractivity (Wildman–Crippen MR) is 116 cm³/mol. The second-order valence-electron chi connectivity index (χ2n) is 6.56. The number of nitrogens with zero attached hydrogens (tertiary/aromatic N) is 1. The second-order valence-corrected chi connectivity index (χ2v) is 9.87. The van der Waals surface area contributed by atoms with E-state index in [1.807, 2.05) is 60.7 Å². The molecule has 0 aromatic heterocycles. The molecule has 0 radical (unpaired) electrons. The van der Waals surface area contributed by atoms with E-state index in [0.717, 1.165) is 23.4 Å². The van der Waals surface area contributed by atoms with E-state index in [4.69, 9.17) is 0 Å². The molecule has 0 N–H and O–H groups in total. The van der Waals surface area contributed by atoms with Crippen molar-refractivity contribution >= 4 is 27.9 Å². The van der Waals surface area contributed by atoms with Gasteiger partial charge in [0.15, 0.2) is 0 Å². The van der Waals surface area contributed by atoms with Crippen LogP contribution in [-0.4, -0.2) is 30.1 Å². The van der Waals surface area contributed by atoms with Crippen molar-refractivity contribution in [3.8, 4) is 0 Å². The van der Waals surface area contributed by atoms with Gasteiger partial charge in [0.05, 0.1) is 11.6 Å². The smallest absolute Gasteiger partial charge is 0.233 e. The first-order valence-electron chi connectivity index (χ1n) is 9.10. The fraction of sp³-hybridized carbons (Fsp3) is 0.273. The van der Waals surface area contributed by atoms with E-state index in [1.165, 1.54) is 11.8 Å². The lowest BCUT2D eigenvalue weighted by atomic mass is 9.92. The van der Waals surface area contributed by atoms with Crippen molar-refractivity contribution in [3.63, 3.8) is 0 Å². The summed E-state index contributed by atoms with van der Waals surface area (Å²) in [4.78, 5) is 0. The SMILES string of the molecule is CCS[C@@H]1C[C@H](c2ccccc2)C=C(/C=C\c2ccccc2)N1S(C)(=O)=O. The van der Waals surface area contributed by atoms with Gasteiger partial charge in [-0.25, -0.2) is 8.42 Å². The number of thioether (sulfide) groups is 1. The summed E-state index contributed by atoms with van der Waals surface area (Å²) >= 11 is 1.68. The number of benzene rings is 2. The Labute approximate surface area is 166 Å². The van der Waals surface area contributed by atoms with E-state index in [1.54, 1.807) is 16.1 Å². The van der Waals surface area contributed by atoms with Crippen LogP contribution < -0.4 is 0 Å². The summed E-state index contributed by atoms with van der Waals surface area (Å²) < 4.78 is 26.7. The molecule has 2 aromatic rings. The maximum absolute atomic E-state index is 12.6. The van der Waals surface area contributed by atoms with Gasteiger partial charge in [0, 0.05) is 11.6 Å². The molecule has 0 saturated heterocycles. The van der Waals surface area contributed by atoms with E-state index in [2.05, 4.69) is 25.1 Å². The topological polar surface area (TPSA) is 37.4 Å². The zero-order valence-electron chi connectivity index (χ0n) is 15.7. The van der Waals surface area contributed by atoms with Crippen molar-refractivity contribution in [1.29, 1.82) is 0 Å². The van der Waals surface area contributed by atoms with Crippen molar-refractivity contribution in [2.45, 2.75) is 24.6 Å². The van der Waals surface area contributed by atoms with Gasteiger partial charge in [-0.15, -0.1) is 11.8 Å². The summed E-state index contributed by atoms with van der Waals surface area (Å²) in [5.41, 5.74) is 3.01. The van der Waals surface area contributed by atoms with Crippen molar-refractivity contribution in [2.24, 2.45) is 0 Å². The minimum atomic E-state index is -3.36. The lowest BCUT2D eigenvalue weighted by Gasteiger charge is -2.38. The molecule has 3 nitrogen and oxygen atoms in total. The molecule has 2 atom stereocenters. The minimum absolute atomic E-state index is 0.101. The highest BCUT2D eigenvalue weighted by Crippen LogP contribution is 2.39. The summed E-state index contributed by atoms with van der Waals surface area (Å²) in [6, 6.07) is 20.3. The zero-order valence-corrected chi connectivity index (χ0v) is 17.3. The van der Waals surface area contributed by atoms with Crippen LogP contribution in [0.5, 0.6) is 0 Å². The second kappa shape index (κ2) is 8.81. The van der Waals surface area contributed by atoms with Gasteiger partial charge in [0.2, 0.25) is 10.0 Å². The molecule has 0 saturated carbocycles. The molecule has 0 bridgehead atoms. The van der Waals surface area contributed by atoms with E-state index in [0.29, 0.717) is 0 Å². The Kier molecular flexibility index (Phi) is 6.45. The molecular weight excluding hydrogens is 374 g/mol. The zero-order chi connectivity index (χ0) is 19.3. The van der Waals surface area contributed by atoms with Crippen LogP contribution in [0.3, 0.4) is 0 Å². The Morgan fingerprint density at radius 3 is 2.26 bits per heavy atom. The van der Waals surface area contributed by atoms with Crippen molar-refractivity contribution in [3.05, 3.63) is 89.6 Å². The molecule has 5 heteroatoms. The molecule has 1 aliphatic heterocycles. The molecule has 27 heavy (non-hydrogen) atoms. The largest absolute Gasteiger partial charge is 0.258 e. The highest BCUT2D eigenvalue weighted by atomic mass is 32.2. The molecule has 0 fully saturated rings. The van der Waals surface area contributed by atoms with Crippen LogP contribution in [0.4, 0.5) is 0 Å². The molecule has 3 rings (SSSR count). The van der Waals surface area contributed by atoms with Gasteiger partial charge in [0.1, 0.15) is 0 Å². The van der Waals surface area contributed by atoms with E-state index in [9.17, 15) is 8.42 Å². The standard InChI is InChI=1S/C22H25NO2S2/c1-3-26-22-17-20(19-12-8-5-9-13-19)16-21(23(22)27(2,24)25)15-14-18-10-6-4-7-11-18/h4-16,20,22H,3,17H2,1-2H3/b15-14-/t20-,22-/m1/s1. The summed E-state index contributed by atoms with van der Waals surface area (Å²) in [6.45, 7) is 2.07. The molecule has 0 spiro atoms. The molecule has 0 amide bonds. The quantitative estimate of drug-likeness (QED) is 0.677. The lowest BCUT2D eigenvalue weighted by Crippen LogP contribution is -2.40. The molecule has 142 valence electrons. The lowest BCUT2D eigenvalue weighted by molar-refractivity contribution is 0.421. The first-order valence-corrected chi connectivity index (χ1v) is 12.0. The average Bonchev–Trinajstić information content (AvgIpc) is 2.67. The molecule has 1 aliphatic rings. The third-order valence-electron chi connectivity index (χ3n) is 4.53. The Balaban J connectivity index is 2.03. The third-order valence-corrected chi connectivity index (χ3v) is 6.97. The number of sulfonamides is 1. The average molecular weight is 400 g/mol. The minimum Gasteiger partial charge on any atom is -0.258 e. The van der Waals surface area contributed by atoms with E-state index in [-0.39, 0.29) is 11.3 Å². The molecule has 2 aromatic carbocycles. The first kappa shape index (κ1) is 19.8. The maximum atomic E-state index is 12.6. The molecular formula is C22H25NO2S2. The Morgan fingerprint density at radius 1 is 1.04 bits per heavy atom. The van der Waals surface area contributed by atoms with Gasteiger partial charge in [-0.1, -0.05) is 79.7 Å². The van der Waals surface area contributed by atoms with Crippen LogP contribution in [-0.2, 0) is 10.0 Å². The van der Waals surface area contributed by atoms with Crippen LogP contribution in [0.1, 0.15) is 30.4 Å². The fourth-order valence-corrected chi connectivity index (χ4v) is 6.02. The number of hydrogen-bond donors (Lipinski definition) is 0. The van der Waals surface area contributed by atoms with Crippen molar-refractivity contribution in [1.82, 2.24) is 4.31 Å². The normalized spacial score (nSPS) is 20.7. The molecule has 0 aliphatic carbocycles. The highest BCUT2D eigenvalue weighted by Gasteiger charge is 2.34. The van der Waals surface area contributed by atoms with Gasteiger partial charge in [0.25, 0.3) is 0 Å². The molecule has 0 unspecified atom stereocenters. The molecule has 1 heterocycles. The van der Waals surface area contributed by atoms with Gasteiger partial charge in [-0.2, -0.15) is 0 Å². The van der Waals surface area contributed by atoms with Crippen molar-refractivity contribution in [2.75, 3.05) is 12.0 Å². The highest BCUT2D eigenvalue weighted by molar-refractivity contribution is 8.00. The van der Waals surface area contributed by atoms with Crippen molar-refractivity contribution < 1.29 is 8.42 Å². The van der Waals surface area contributed by atoms with Crippen LogP contribution in [0.25, 0.3) is 6.08 Å². The van der Waals surface area contributed by atoms with Gasteiger partial charge in [-0.05, 0) is 29.4 Å². The summed E-state index contributed by atoms with van der Waals surface area (Å²) in [7, 11) is -3.36. The van der Waals surface area contributed by atoms with Crippen LogP contribution in [0, 0.1) is 0 Å². The number of hydrogen-bond acceptors (Lipinski definition) is 3. The van der Waals surface area contributed by atoms with Crippen LogP contribution >= 0.6 is 11.8 Å². The van der Waals surface area contributed by atoms with Gasteiger partial charge >= 0.3 is 0 Å². The number of allylic oxidation sites excluding steroid dienone is 2. The Morgan fingerprint density at radius 2 is 1.67 bits per heavy atom. The van der Waals surface area contributed by atoms with Gasteiger partial charge < -0.3 is 0 Å². The third kappa shape index (κ3) is 5.05. The van der Waals surface area contributed by atoms with E-state index >= 15 is 0 Å². The van der Waals surface area contributed by atoms with Gasteiger partial charge in [-0.3, -0.25) is 4.31 Å². The van der Waals surface area contributed by atoms with E-state index < -0.39 is 10.0 Å². The van der Waals surface area contributed by atoms with Crippen LogP contribution in [0.2, 0.25) is 0 Å². The summed E-state index contributed by atoms with van der Waals surface area (Å²) in [6.07, 6.45) is 8.06. The Hall–Kier alpha value is -1.98. The van der Waals surface area contributed by atoms with Crippen LogP contribution in [0.15, 0.2) is 78.5 Å². The monoisotopic (exact) mass is 399 g/mol. The fourth-order valence-electron chi connectivity index (χ4n) is 3.37. The predicted octanol–water partition coefficient (Wildman–Crippen LogP) is 5.11.